The Morgan fingerprint density at radius 3 is 2.18 bits per heavy atom. The fourth-order valence-corrected chi connectivity index (χ4v) is 1.75. The zero-order chi connectivity index (χ0) is 12.9. The van der Waals surface area contributed by atoms with Crippen LogP contribution in [0.1, 0.15) is 31.9 Å². The summed E-state index contributed by atoms with van der Waals surface area (Å²) in [5.74, 6) is 0. The number of benzene rings is 1. The molecular weight excluding hydrogens is 210 g/mol. The summed E-state index contributed by atoms with van der Waals surface area (Å²) < 4.78 is 5.07. The highest BCUT2D eigenvalue weighted by molar-refractivity contribution is 5.27. The van der Waals surface area contributed by atoms with Crippen LogP contribution in [-0.2, 0) is 16.7 Å². The number of rotatable bonds is 5. The van der Waals surface area contributed by atoms with Gasteiger partial charge in [-0.15, -0.1) is 0 Å². The molecule has 0 unspecified atom stereocenters. The van der Waals surface area contributed by atoms with Gasteiger partial charge in [-0.05, 0) is 23.6 Å². The van der Waals surface area contributed by atoms with Crippen LogP contribution in [0.3, 0.4) is 0 Å². The molecule has 0 bridgehead atoms. The third kappa shape index (κ3) is 4.88. The quantitative estimate of drug-likeness (QED) is 0.777. The first kappa shape index (κ1) is 14.2. The molecule has 0 heterocycles. The second kappa shape index (κ2) is 6.18. The van der Waals surface area contributed by atoms with Crippen LogP contribution in [0.4, 0.5) is 0 Å². The highest BCUT2D eigenvalue weighted by Gasteiger charge is 2.12. The minimum atomic E-state index is 0.237. The smallest absolute Gasteiger partial charge is 0.0589 e. The summed E-state index contributed by atoms with van der Waals surface area (Å²) in [7, 11) is 3.86. The predicted molar refractivity (Wildman–Crippen MR) is 73.4 cm³/mol. The van der Waals surface area contributed by atoms with Gasteiger partial charge in [0.15, 0.2) is 0 Å². The van der Waals surface area contributed by atoms with E-state index in [1.807, 2.05) is 0 Å². The molecule has 0 aliphatic rings. The lowest BCUT2D eigenvalue weighted by Gasteiger charge is -2.20. The van der Waals surface area contributed by atoms with E-state index in [9.17, 15) is 0 Å². The molecule has 0 spiro atoms. The standard InChI is InChI=1S/C15H25NO/c1-15(2,3)14-8-6-13(7-9-14)12-16(4)10-11-17-5/h6-9H,10-12H2,1-5H3. The average molecular weight is 235 g/mol. The maximum Gasteiger partial charge on any atom is 0.0589 e. The molecule has 0 saturated heterocycles. The van der Waals surface area contributed by atoms with Gasteiger partial charge in [-0.25, -0.2) is 0 Å². The van der Waals surface area contributed by atoms with Gasteiger partial charge in [-0.3, -0.25) is 4.90 Å². The third-order valence-corrected chi connectivity index (χ3v) is 2.95. The normalized spacial score (nSPS) is 12.1. The van der Waals surface area contributed by atoms with E-state index in [1.54, 1.807) is 7.11 Å². The fourth-order valence-electron chi connectivity index (χ4n) is 1.75. The summed E-state index contributed by atoms with van der Waals surface area (Å²) in [6.45, 7) is 9.47. The monoisotopic (exact) mass is 235 g/mol. The maximum atomic E-state index is 5.07. The minimum Gasteiger partial charge on any atom is -0.383 e. The molecule has 0 N–H and O–H groups in total. The lowest BCUT2D eigenvalue weighted by molar-refractivity contribution is 0.158. The Bertz CT molecular complexity index is 324. The molecule has 0 radical (unpaired) electrons. The van der Waals surface area contributed by atoms with E-state index in [2.05, 4.69) is 57.0 Å². The topological polar surface area (TPSA) is 12.5 Å². The number of likely N-dealkylation sites (N-methyl/N-ethyl adjacent to an activating group) is 1. The maximum absolute atomic E-state index is 5.07. The first-order valence-electron chi connectivity index (χ1n) is 6.20. The average Bonchev–Trinajstić information content (AvgIpc) is 2.26. The van der Waals surface area contributed by atoms with Crippen molar-refractivity contribution >= 4 is 0 Å². The summed E-state index contributed by atoms with van der Waals surface area (Å²) in [4.78, 5) is 2.27. The highest BCUT2D eigenvalue weighted by atomic mass is 16.5. The molecule has 0 atom stereocenters. The number of methoxy groups -OCH3 is 1. The van der Waals surface area contributed by atoms with Gasteiger partial charge in [-0.2, -0.15) is 0 Å². The van der Waals surface area contributed by atoms with Gasteiger partial charge in [0.25, 0.3) is 0 Å². The van der Waals surface area contributed by atoms with Crippen molar-refractivity contribution in [2.45, 2.75) is 32.7 Å². The highest BCUT2D eigenvalue weighted by Crippen LogP contribution is 2.22. The molecule has 2 heteroatoms. The van der Waals surface area contributed by atoms with E-state index < -0.39 is 0 Å². The predicted octanol–water partition coefficient (Wildman–Crippen LogP) is 3.06. The van der Waals surface area contributed by atoms with Gasteiger partial charge in [0.1, 0.15) is 0 Å². The third-order valence-electron chi connectivity index (χ3n) is 2.95. The molecule has 0 saturated carbocycles. The van der Waals surface area contributed by atoms with E-state index >= 15 is 0 Å². The Morgan fingerprint density at radius 2 is 1.71 bits per heavy atom. The molecule has 2 nitrogen and oxygen atoms in total. The van der Waals surface area contributed by atoms with Crippen molar-refractivity contribution in [1.29, 1.82) is 0 Å². The van der Waals surface area contributed by atoms with Crippen LogP contribution >= 0.6 is 0 Å². The Hall–Kier alpha value is -0.860. The second-order valence-electron chi connectivity index (χ2n) is 5.68. The first-order valence-corrected chi connectivity index (χ1v) is 6.20. The Morgan fingerprint density at radius 1 is 1.12 bits per heavy atom. The van der Waals surface area contributed by atoms with E-state index in [4.69, 9.17) is 4.74 Å². The van der Waals surface area contributed by atoms with E-state index in [-0.39, 0.29) is 5.41 Å². The van der Waals surface area contributed by atoms with Gasteiger partial charge >= 0.3 is 0 Å². The number of nitrogens with zero attached hydrogens (tertiary/aromatic N) is 1. The van der Waals surface area contributed by atoms with Crippen LogP contribution in [-0.4, -0.2) is 32.2 Å². The van der Waals surface area contributed by atoms with Crippen molar-refractivity contribution in [1.82, 2.24) is 4.90 Å². The molecule has 0 amide bonds. The molecule has 1 rings (SSSR count). The molecule has 0 fully saturated rings. The molecule has 1 aromatic carbocycles. The van der Waals surface area contributed by atoms with Crippen molar-refractivity contribution in [2.75, 3.05) is 27.3 Å². The molecule has 96 valence electrons. The Balaban J connectivity index is 2.56. The van der Waals surface area contributed by atoms with Crippen LogP contribution in [0, 0.1) is 0 Å². The van der Waals surface area contributed by atoms with Crippen molar-refractivity contribution in [3.63, 3.8) is 0 Å². The summed E-state index contributed by atoms with van der Waals surface area (Å²) in [6, 6.07) is 8.92. The fraction of sp³-hybridized carbons (Fsp3) is 0.600. The largest absolute Gasteiger partial charge is 0.383 e. The molecular formula is C15H25NO. The zero-order valence-corrected chi connectivity index (χ0v) is 11.8. The van der Waals surface area contributed by atoms with Gasteiger partial charge in [0.2, 0.25) is 0 Å². The number of hydrogen-bond donors (Lipinski definition) is 0. The van der Waals surface area contributed by atoms with Crippen molar-refractivity contribution in [3.8, 4) is 0 Å². The van der Waals surface area contributed by atoms with Gasteiger partial charge in [-0.1, -0.05) is 45.0 Å². The van der Waals surface area contributed by atoms with E-state index in [0.29, 0.717) is 0 Å². The summed E-state index contributed by atoms with van der Waals surface area (Å²) >= 11 is 0. The van der Waals surface area contributed by atoms with Gasteiger partial charge in [0, 0.05) is 20.2 Å². The van der Waals surface area contributed by atoms with Gasteiger partial charge < -0.3 is 4.74 Å². The second-order valence-corrected chi connectivity index (χ2v) is 5.68. The molecule has 0 aliphatic carbocycles. The van der Waals surface area contributed by atoms with Crippen LogP contribution in [0.2, 0.25) is 0 Å². The van der Waals surface area contributed by atoms with Crippen LogP contribution < -0.4 is 0 Å². The Labute approximate surface area is 106 Å². The summed E-state index contributed by atoms with van der Waals surface area (Å²) in [5.41, 5.74) is 2.98. The van der Waals surface area contributed by atoms with Crippen LogP contribution in [0.5, 0.6) is 0 Å². The van der Waals surface area contributed by atoms with Crippen molar-refractivity contribution < 1.29 is 4.74 Å². The SMILES string of the molecule is COCCN(C)Cc1ccc(C(C)(C)C)cc1. The van der Waals surface area contributed by atoms with E-state index in [1.165, 1.54) is 11.1 Å². The molecule has 17 heavy (non-hydrogen) atoms. The summed E-state index contributed by atoms with van der Waals surface area (Å²) in [6.07, 6.45) is 0. The number of ether oxygens (including phenoxy) is 1. The van der Waals surface area contributed by atoms with Gasteiger partial charge in [0.05, 0.1) is 6.61 Å². The molecule has 0 aliphatic heterocycles. The Kier molecular flexibility index (Phi) is 5.16. The van der Waals surface area contributed by atoms with Crippen molar-refractivity contribution in [2.24, 2.45) is 0 Å². The number of hydrogen-bond acceptors (Lipinski definition) is 2. The lowest BCUT2D eigenvalue weighted by atomic mass is 9.87. The first-order chi connectivity index (χ1) is 7.93. The minimum absolute atomic E-state index is 0.237. The zero-order valence-electron chi connectivity index (χ0n) is 11.8. The molecule has 1 aromatic rings. The molecule has 0 aromatic heterocycles. The van der Waals surface area contributed by atoms with Crippen LogP contribution in [0.15, 0.2) is 24.3 Å². The lowest BCUT2D eigenvalue weighted by Crippen LogP contribution is -2.22. The summed E-state index contributed by atoms with van der Waals surface area (Å²) in [5, 5.41) is 0. The van der Waals surface area contributed by atoms with Crippen LogP contribution in [0.25, 0.3) is 0 Å². The van der Waals surface area contributed by atoms with E-state index in [0.717, 1.165) is 19.7 Å². The van der Waals surface area contributed by atoms with Crippen molar-refractivity contribution in [3.05, 3.63) is 35.4 Å².